The van der Waals surface area contributed by atoms with Gasteiger partial charge in [-0.25, -0.2) is 0 Å². The summed E-state index contributed by atoms with van der Waals surface area (Å²) in [5.41, 5.74) is 11.1. The number of benzene rings is 2. The van der Waals surface area contributed by atoms with Crippen molar-refractivity contribution in [3.63, 3.8) is 0 Å². The average Bonchev–Trinajstić information content (AvgIpc) is 2.80. The monoisotopic (exact) mass is 462 g/mol. The molecule has 1 amide bonds. The van der Waals surface area contributed by atoms with Gasteiger partial charge in [-0.3, -0.25) is 4.79 Å². The molecule has 1 aliphatic carbocycles. The average molecular weight is 465 g/mol. The topological polar surface area (TPSA) is 55.1 Å². The molecule has 114 valence electrons. The molecular formula is C15H10Br2Cl2N2O. The molecule has 0 aromatic heterocycles. The van der Waals surface area contributed by atoms with Crippen molar-refractivity contribution < 1.29 is 4.79 Å². The van der Waals surface area contributed by atoms with Crippen LogP contribution in [-0.2, 0) is 11.2 Å². The summed E-state index contributed by atoms with van der Waals surface area (Å²) in [6.07, 6.45) is 0.630. The summed E-state index contributed by atoms with van der Waals surface area (Å²) < 4.78 is 1.66. The summed E-state index contributed by atoms with van der Waals surface area (Å²) >= 11 is 19.8. The van der Waals surface area contributed by atoms with E-state index in [1.165, 1.54) is 6.92 Å². The maximum Gasteiger partial charge on any atom is 0.221 e. The first-order valence-corrected chi connectivity index (χ1v) is 8.70. The summed E-state index contributed by atoms with van der Waals surface area (Å²) in [5.74, 6) is -0.215. The van der Waals surface area contributed by atoms with E-state index >= 15 is 0 Å². The number of carbonyl (C=O) groups excluding carboxylic acids is 1. The van der Waals surface area contributed by atoms with E-state index in [1.54, 1.807) is 0 Å². The Morgan fingerprint density at radius 3 is 2.50 bits per heavy atom. The third-order valence-corrected chi connectivity index (χ3v) is 5.90. The van der Waals surface area contributed by atoms with Gasteiger partial charge in [-0.15, -0.1) is 0 Å². The Kier molecular flexibility index (Phi) is 4.18. The molecule has 7 heteroatoms. The first kappa shape index (κ1) is 16.1. The number of nitrogens with one attached hydrogen (secondary N) is 1. The van der Waals surface area contributed by atoms with Gasteiger partial charge in [-0.1, -0.05) is 23.2 Å². The summed E-state index contributed by atoms with van der Waals surface area (Å²) in [6, 6.07) is 3.79. The van der Waals surface area contributed by atoms with E-state index < -0.39 is 0 Å². The molecule has 2 aromatic rings. The highest BCUT2D eigenvalue weighted by Crippen LogP contribution is 2.50. The van der Waals surface area contributed by atoms with Crippen molar-refractivity contribution in [1.29, 1.82) is 0 Å². The summed E-state index contributed by atoms with van der Waals surface area (Å²) in [4.78, 5) is 11.3. The fraction of sp³-hybridized carbons (Fsp3) is 0.133. The second-order valence-corrected chi connectivity index (χ2v) is 7.48. The largest absolute Gasteiger partial charge is 0.397 e. The number of hydrogen-bond acceptors (Lipinski definition) is 2. The lowest BCUT2D eigenvalue weighted by Gasteiger charge is -2.12. The fourth-order valence-corrected chi connectivity index (χ4v) is 4.51. The minimum atomic E-state index is -0.215. The number of hydrogen-bond donors (Lipinski definition) is 2. The molecule has 0 saturated heterocycles. The number of fused-ring (bicyclic) bond motifs is 3. The van der Waals surface area contributed by atoms with Gasteiger partial charge in [0.2, 0.25) is 5.91 Å². The molecule has 3 rings (SSSR count). The first-order chi connectivity index (χ1) is 10.3. The van der Waals surface area contributed by atoms with E-state index in [2.05, 4.69) is 37.2 Å². The zero-order valence-corrected chi connectivity index (χ0v) is 16.0. The Balaban J connectivity index is 2.25. The number of carbonyl (C=O) groups is 1. The maximum atomic E-state index is 11.3. The molecule has 0 fully saturated rings. The second kappa shape index (κ2) is 5.71. The quantitative estimate of drug-likeness (QED) is 0.458. The fourth-order valence-electron chi connectivity index (χ4n) is 2.63. The molecule has 0 saturated carbocycles. The maximum absolute atomic E-state index is 11.3. The van der Waals surface area contributed by atoms with Crippen LogP contribution in [0.3, 0.4) is 0 Å². The summed E-state index contributed by atoms with van der Waals surface area (Å²) in [5, 5.41) is 3.57. The molecule has 0 spiro atoms. The van der Waals surface area contributed by atoms with Crippen molar-refractivity contribution in [1.82, 2.24) is 0 Å². The molecule has 22 heavy (non-hydrogen) atoms. The first-order valence-electron chi connectivity index (χ1n) is 6.36. The van der Waals surface area contributed by atoms with Crippen molar-refractivity contribution >= 4 is 72.3 Å². The molecule has 0 radical (unpaired) electrons. The molecule has 2 aromatic carbocycles. The highest BCUT2D eigenvalue weighted by molar-refractivity contribution is 9.11. The van der Waals surface area contributed by atoms with Crippen LogP contribution in [0.15, 0.2) is 21.1 Å². The van der Waals surface area contributed by atoms with Crippen LogP contribution in [0.4, 0.5) is 11.4 Å². The van der Waals surface area contributed by atoms with Crippen molar-refractivity contribution in [3.8, 4) is 11.1 Å². The van der Waals surface area contributed by atoms with Crippen LogP contribution in [0, 0.1) is 0 Å². The van der Waals surface area contributed by atoms with Crippen molar-refractivity contribution in [2.45, 2.75) is 13.3 Å². The minimum absolute atomic E-state index is 0.215. The Labute approximate surface area is 154 Å². The van der Waals surface area contributed by atoms with Crippen molar-refractivity contribution in [2.24, 2.45) is 0 Å². The van der Waals surface area contributed by atoms with Crippen LogP contribution in [0.1, 0.15) is 18.1 Å². The zero-order valence-electron chi connectivity index (χ0n) is 11.4. The van der Waals surface area contributed by atoms with Gasteiger partial charge in [0.1, 0.15) is 0 Å². The van der Waals surface area contributed by atoms with Crippen LogP contribution >= 0.6 is 55.1 Å². The molecule has 3 N–H and O–H groups in total. The zero-order chi connectivity index (χ0) is 16.2. The molecule has 0 atom stereocenters. The molecule has 0 bridgehead atoms. The highest BCUT2D eigenvalue weighted by Gasteiger charge is 2.28. The third kappa shape index (κ3) is 2.44. The van der Waals surface area contributed by atoms with Gasteiger partial charge in [-0.05, 0) is 66.2 Å². The molecule has 0 heterocycles. The molecule has 3 nitrogen and oxygen atoms in total. The lowest BCUT2D eigenvalue weighted by molar-refractivity contribution is -0.114. The standard InChI is InChI=1S/C15H10Br2Cl2N2O/c1-5(22)21-15-11(18)4-7-6-3-10(16)14(20)12(17)8(6)2-9(7)13(15)19/h3-4H,2,20H2,1H3,(H,21,22). The van der Waals surface area contributed by atoms with Gasteiger partial charge in [0, 0.05) is 22.3 Å². The normalized spacial score (nSPS) is 12.0. The van der Waals surface area contributed by atoms with Gasteiger partial charge >= 0.3 is 0 Å². The number of nitrogens with two attached hydrogens (primary N) is 1. The molecular weight excluding hydrogens is 455 g/mol. The number of anilines is 2. The Morgan fingerprint density at radius 2 is 1.86 bits per heavy atom. The van der Waals surface area contributed by atoms with E-state index in [4.69, 9.17) is 28.9 Å². The third-order valence-electron chi connectivity index (χ3n) is 3.62. The molecule has 0 unspecified atom stereocenters. The number of nitrogen functional groups attached to an aromatic ring is 1. The van der Waals surface area contributed by atoms with Crippen LogP contribution in [0.5, 0.6) is 0 Å². The van der Waals surface area contributed by atoms with Gasteiger partial charge in [0.25, 0.3) is 0 Å². The van der Waals surface area contributed by atoms with Crippen molar-refractivity contribution in [2.75, 3.05) is 11.1 Å². The van der Waals surface area contributed by atoms with Gasteiger partial charge in [0.15, 0.2) is 0 Å². The van der Waals surface area contributed by atoms with Crippen LogP contribution in [0.2, 0.25) is 10.0 Å². The predicted octanol–water partition coefficient (Wildman–Crippen LogP) is 5.63. The minimum Gasteiger partial charge on any atom is -0.397 e. The number of halogens is 4. The van der Waals surface area contributed by atoms with Crippen LogP contribution < -0.4 is 11.1 Å². The number of amides is 1. The van der Waals surface area contributed by atoms with Gasteiger partial charge in [-0.2, -0.15) is 0 Å². The van der Waals surface area contributed by atoms with E-state index in [1.807, 2.05) is 12.1 Å². The predicted molar refractivity (Wildman–Crippen MR) is 98.8 cm³/mol. The Hall–Kier alpha value is -0.750. The SMILES string of the molecule is CC(=O)Nc1c(Cl)cc2c(c1Cl)Cc1c-2cc(Br)c(N)c1Br. The molecule has 1 aliphatic rings. The van der Waals surface area contributed by atoms with Crippen molar-refractivity contribution in [3.05, 3.63) is 42.3 Å². The van der Waals surface area contributed by atoms with E-state index in [0.29, 0.717) is 27.8 Å². The summed E-state index contributed by atoms with van der Waals surface area (Å²) in [6.45, 7) is 1.42. The van der Waals surface area contributed by atoms with Gasteiger partial charge < -0.3 is 11.1 Å². The van der Waals surface area contributed by atoms with E-state index in [9.17, 15) is 4.79 Å². The lowest BCUT2D eigenvalue weighted by Crippen LogP contribution is -2.07. The smallest absolute Gasteiger partial charge is 0.221 e. The van der Waals surface area contributed by atoms with Gasteiger partial charge in [0.05, 0.1) is 21.4 Å². The number of rotatable bonds is 1. The Morgan fingerprint density at radius 1 is 1.23 bits per heavy atom. The van der Waals surface area contributed by atoms with Crippen LogP contribution in [-0.4, -0.2) is 5.91 Å². The second-order valence-electron chi connectivity index (χ2n) is 5.04. The Bertz CT molecular complexity index is 837. The summed E-state index contributed by atoms with van der Waals surface area (Å²) in [7, 11) is 0. The lowest BCUT2D eigenvalue weighted by atomic mass is 10.0. The highest BCUT2D eigenvalue weighted by atomic mass is 79.9. The molecule has 0 aliphatic heterocycles. The van der Waals surface area contributed by atoms with E-state index in [0.717, 1.165) is 31.2 Å². The van der Waals surface area contributed by atoms with Crippen LogP contribution in [0.25, 0.3) is 11.1 Å². The van der Waals surface area contributed by atoms with E-state index in [-0.39, 0.29) is 5.91 Å².